The van der Waals surface area contributed by atoms with Gasteiger partial charge in [0, 0.05) is 31.9 Å². The first-order valence-electron chi connectivity index (χ1n) is 6.68. The average molecular weight is 234 g/mol. The van der Waals surface area contributed by atoms with E-state index in [1.54, 1.807) is 0 Å². The van der Waals surface area contributed by atoms with Crippen molar-refractivity contribution in [3.63, 3.8) is 0 Å². The number of rotatable bonds is 3. The van der Waals surface area contributed by atoms with E-state index in [4.69, 9.17) is 0 Å². The third-order valence-electron chi connectivity index (χ3n) is 4.15. The number of hydrogen-bond acceptors (Lipinski definition) is 3. The van der Waals surface area contributed by atoms with Crippen LogP contribution in [-0.2, 0) is 6.54 Å². The van der Waals surface area contributed by atoms with Gasteiger partial charge >= 0.3 is 0 Å². The van der Waals surface area contributed by atoms with Crippen molar-refractivity contribution in [3.8, 4) is 0 Å². The summed E-state index contributed by atoms with van der Waals surface area (Å²) in [6.07, 6.45) is 3.98. The molecule has 1 aromatic heterocycles. The number of nitrogens with zero attached hydrogens (tertiary/aromatic N) is 3. The van der Waals surface area contributed by atoms with Crippen LogP contribution in [0.2, 0.25) is 0 Å². The first kappa shape index (κ1) is 11.2. The fourth-order valence-corrected chi connectivity index (χ4v) is 3.23. The number of hydrogen-bond donors (Lipinski definition) is 1. The largest absolute Gasteiger partial charge is 0.331 e. The predicted octanol–water partition coefficient (Wildman–Crippen LogP) is 1.12. The van der Waals surface area contributed by atoms with Gasteiger partial charge < -0.3 is 9.88 Å². The summed E-state index contributed by atoms with van der Waals surface area (Å²) in [7, 11) is 0. The van der Waals surface area contributed by atoms with E-state index in [1.165, 1.54) is 31.9 Å². The van der Waals surface area contributed by atoms with E-state index in [-0.39, 0.29) is 0 Å². The van der Waals surface area contributed by atoms with Crippen molar-refractivity contribution in [1.29, 1.82) is 0 Å². The summed E-state index contributed by atoms with van der Waals surface area (Å²) in [5.41, 5.74) is 1.35. The predicted molar refractivity (Wildman–Crippen MR) is 67.7 cm³/mol. The molecule has 17 heavy (non-hydrogen) atoms. The molecular formula is C13H22N4. The first-order chi connectivity index (χ1) is 8.24. The highest BCUT2D eigenvalue weighted by molar-refractivity contribution is 5.02. The van der Waals surface area contributed by atoms with Crippen LogP contribution in [0, 0.1) is 11.8 Å². The molecule has 2 saturated heterocycles. The van der Waals surface area contributed by atoms with Gasteiger partial charge in [0.2, 0.25) is 0 Å². The second kappa shape index (κ2) is 4.42. The van der Waals surface area contributed by atoms with Gasteiger partial charge in [0.25, 0.3) is 0 Å². The highest BCUT2D eigenvalue weighted by atomic mass is 15.2. The summed E-state index contributed by atoms with van der Waals surface area (Å²) in [6.45, 7) is 10.4. The van der Waals surface area contributed by atoms with Crippen LogP contribution in [0.5, 0.6) is 0 Å². The third-order valence-corrected chi connectivity index (χ3v) is 4.15. The molecule has 2 fully saturated rings. The van der Waals surface area contributed by atoms with Crippen molar-refractivity contribution in [3.05, 3.63) is 18.2 Å². The molecule has 4 heteroatoms. The lowest BCUT2D eigenvalue weighted by molar-refractivity contribution is 0.295. The smallest absolute Gasteiger partial charge is 0.0951 e. The van der Waals surface area contributed by atoms with E-state index in [0.717, 1.165) is 18.4 Å². The lowest BCUT2D eigenvalue weighted by Gasteiger charge is -2.19. The van der Waals surface area contributed by atoms with Crippen LogP contribution in [0.1, 0.15) is 25.6 Å². The summed E-state index contributed by atoms with van der Waals surface area (Å²) in [5, 5.41) is 3.49. The fourth-order valence-electron chi connectivity index (χ4n) is 3.23. The van der Waals surface area contributed by atoms with Crippen molar-refractivity contribution in [2.24, 2.45) is 11.8 Å². The maximum atomic E-state index is 4.28. The van der Waals surface area contributed by atoms with Gasteiger partial charge in [-0.15, -0.1) is 0 Å². The topological polar surface area (TPSA) is 33.1 Å². The quantitative estimate of drug-likeness (QED) is 0.850. The monoisotopic (exact) mass is 234 g/mol. The number of nitrogens with one attached hydrogen (secondary N) is 1. The van der Waals surface area contributed by atoms with E-state index in [1.807, 2.05) is 12.5 Å². The molecule has 0 radical (unpaired) electrons. The highest BCUT2D eigenvalue weighted by Gasteiger charge is 2.36. The number of imidazole rings is 1. The van der Waals surface area contributed by atoms with Crippen LogP contribution in [-0.4, -0.2) is 40.6 Å². The van der Waals surface area contributed by atoms with Crippen LogP contribution in [0.3, 0.4) is 0 Å². The van der Waals surface area contributed by atoms with Crippen LogP contribution in [0.25, 0.3) is 0 Å². The van der Waals surface area contributed by atoms with Gasteiger partial charge in [-0.2, -0.15) is 0 Å². The molecule has 2 atom stereocenters. The van der Waals surface area contributed by atoms with Crippen molar-refractivity contribution in [2.75, 3.05) is 26.2 Å². The molecule has 0 bridgehead atoms. The van der Waals surface area contributed by atoms with Crippen molar-refractivity contribution in [1.82, 2.24) is 19.8 Å². The van der Waals surface area contributed by atoms with Crippen LogP contribution >= 0.6 is 0 Å². The number of likely N-dealkylation sites (tertiary alicyclic amines) is 1. The zero-order valence-electron chi connectivity index (χ0n) is 10.8. The zero-order valence-corrected chi connectivity index (χ0v) is 10.8. The van der Waals surface area contributed by atoms with Crippen LogP contribution < -0.4 is 5.32 Å². The Balaban J connectivity index is 1.65. The molecule has 0 aliphatic carbocycles. The second-order valence-corrected chi connectivity index (χ2v) is 5.76. The molecule has 94 valence electrons. The molecule has 3 rings (SSSR count). The summed E-state index contributed by atoms with van der Waals surface area (Å²) in [4.78, 5) is 6.87. The molecule has 0 unspecified atom stereocenters. The Bertz CT molecular complexity index is 373. The van der Waals surface area contributed by atoms with Gasteiger partial charge in [0.1, 0.15) is 0 Å². The first-order valence-corrected chi connectivity index (χ1v) is 6.68. The summed E-state index contributed by atoms with van der Waals surface area (Å²) < 4.78 is 2.28. The van der Waals surface area contributed by atoms with Gasteiger partial charge in [-0.1, -0.05) is 0 Å². The SMILES string of the molecule is CC(C)n1cncc1CN1C[C@H]2CNC[C@H]2C1. The van der Waals surface area contributed by atoms with Gasteiger partial charge in [-0.3, -0.25) is 4.90 Å². The molecule has 0 saturated carbocycles. The molecule has 0 spiro atoms. The normalized spacial score (nSPS) is 29.1. The maximum absolute atomic E-state index is 4.28. The van der Waals surface area contributed by atoms with E-state index >= 15 is 0 Å². The zero-order chi connectivity index (χ0) is 11.8. The second-order valence-electron chi connectivity index (χ2n) is 5.76. The Morgan fingerprint density at radius 2 is 2.06 bits per heavy atom. The van der Waals surface area contributed by atoms with Crippen molar-refractivity contribution in [2.45, 2.75) is 26.4 Å². The molecule has 0 aromatic carbocycles. The lowest BCUT2D eigenvalue weighted by Crippen LogP contribution is -2.26. The molecule has 1 aromatic rings. The van der Waals surface area contributed by atoms with Crippen LogP contribution in [0.15, 0.2) is 12.5 Å². The lowest BCUT2D eigenvalue weighted by atomic mass is 10.0. The van der Waals surface area contributed by atoms with Gasteiger partial charge in [0.05, 0.1) is 12.0 Å². The minimum Gasteiger partial charge on any atom is -0.331 e. The maximum Gasteiger partial charge on any atom is 0.0951 e. The molecule has 4 nitrogen and oxygen atoms in total. The van der Waals surface area contributed by atoms with E-state index in [2.05, 4.69) is 33.6 Å². The molecular weight excluding hydrogens is 212 g/mol. The minimum atomic E-state index is 0.510. The molecule has 1 N–H and O–H groups in total. The van der Waals surface area contributed by atoms with E-state index in [0.29, 0.717) is 6.04 Å². The average Bonchev–Trinajstić information content (AvgIpc) is 2.91. The Kier molecular flexibility index (Phi) is 2.92. The van der Waals surface area contributed by atoms with E-state index in [9.17, 15) is 0 Å². The highest BCUT2D eigenvalue weighted by Crippen LogP contribution is 2.27. The summed E-state index contributed by atoms with van der Waals surface area (Å²) in [5.74, 6) is 1.76. The Morgan fingerprint density at radius 1 is 1.35 bits per heavy atom. The van der Waals surface area contributed by atoms with Crippen molar-refractivity contribution >= 4 is 0 Å². The minimum absolute atomic E-state index is 0.510. The van der Waals surface area contributed by atoms with Gasteiger partial charge in [-0.25, -0.2) is 4.98 Å². The Hall–Kier alpha value is -0.870. The van der Waals surface area contributed by atoms with Gasteiger partial charge in [0.15, 0.2) is 0 Å². The molecule has 3 heterocycles. The van der Waals surface area contributed by atoms with Gasteiger partial charge in [-0.05, 0) is 38.8 Å². The Labute approximate surface area is 103 Å². The standard InChI is InChI=1S/C13H22N4/c1-10(2)17-9-15-5-13(17)8-16-6-11-3-14-4-12(11)7-16/h5,9-12,14H,3-4,6-8H2,1-2H3/t11-,12+. The van der Waals surface area contributed by atoms with Crippen molar-refractivity contribution < 1.29 is 0 Å². The number of fused-ring (bicyclic) bond motifs is 1. The molecule has 2 aliphatic rings. The Morgan fingerprint density at radius 3 is 2.71 bits per heavy atom. The molecule has 0 amide bonds. The van der Waals surface area contributed by atoms with Crippen LogP contribution in [0.4, 0.5) is 0 Å². The number of aromatic nitrogens is 2. The fraction of sp³-hybridized carbons (Fsp3) is 0.769. The summed E-state index contributed by atoms with van der Waals surface area (Å²) in [6, 6.07) is 0.510. The molecule has 2 aliphatic heterocycles. The third kappa shape index (κ3) is 2.11. The summed E-state index contributed by atoms with van der Waals surface area (Å²) >= 11 is 0. The van der Waals surface area contributed by atoms with E-state index < -0.39 is 0 Å².